The third-order valence-electron chi connectivity index (χ3n) is 3.05. The molecule has 0 aromatic carbocycles. The topological polar surface area (TPSA) is 127 Å². The highest BCUT2D eigenvalue weighted by Crippen LogP contribution is 2.15. The number of hydrogen-bond acceptors (Lipinski definition) is 7. The van der Waals surface area contributed by atoms with Gasteiger partial charge in [0.25, 0.3) is 0 Å². The maximum absolute atomic E-state index is 12.1. The number of nitrogens with one attached hydrogen (secondary N) is 1. The molecule has 1 heterocycles. The monoisotopic (exact) mass is 355 g/mol. The maximum Gasteiger partial charge on any atom is 0.305 e. The molecule has 0 saturated carbocycles. The van der Waals surface area contributed by atoms with E-state index in [1.807, 2.05) is 0 Å². The maximum atomic E-state index is 12.1. The van der Waals surface area contributed by atoms with E-state index < -0.39 is 54.4 Å². The summed E-state index contributed by atoms with van der Waals surface area (Å²) in [6.07, 6.45) is -0.675. The Morgan fingerprint density at radius 1 is 1.29 bits per heavy atom. The smallest absolute Gasteiger partial charge is 0.305 e. The molecule has 9 heteroatoms. The van der Waals surface area contributed by atoms with Crippen LogP contribution < -0.4 is 5.32 Å². The molecular formula is C15H17NO7S. The molecule has 0 aliphatic heterocycles. The lowest BCUT2D eigenvalue weighted by Crippen LogP contribution is -2.47. The van der Waals surface area contributed by atoms with E-state index >= 15 is 0 Å². The minimum atomic E-state index is -1.38. The number of ketones is 2. The average Bonchev–Trinajstić information content (AvgIpc) is 3.04. The highest BCUT2D eigenvalue weighted by molar-refractivity contribution is 7.12. The van der Waals surface area contributed by atoms with E-state index in [2.05, 4.69) is 10.1 Å². The van der Waals surface area contributed by atoms with Gasteiger partial charge in [0.05, 0.1) is 17.2 Å². The van der Waals surface area contributed by atoms with Crippen LogP contribution in [0.15, 0.2) is 17.5 Å². The lowest BCUT2D eigenvalue weighted by molar-refractivity contribution is -0.147. The predicted octanol–water partition coefficient (Wildman–Crippen LogP) is 0.659. The van der Waals surface area contributed by atoms with Crippen LogP contribution in [-0.2, 0) is 23.9 Å². The Labute approximate surface area is 141 Å². The summed E-state index contributed by atoms with van der Waals surface area (Å²) < 4.78 is 4.52. The molecule has 1 rings (SSSR count). The van der Waals surface area contributed by atoms with Crippen LogP contribution in [0.1, 0.15) is 29.9 Å². The van der Waals surface area contributed by atoms with Gasteiger partial charge >= 0.3 is 11.9 Å². The van der Waals surface area contributed by atoms with Crippen molar-refractivity contribution in [1.29, 1.82) is 0 Å². The molecule has 8 nitrogen and oxygen atoms in total. The van der Waals surface area contributed by atoms with Gasteiger partial charge < -0.3 is 15.2 Å². The van der Waals surface area contributed by atoms with E-state index in [9.17, 15) is 24.0 Å². The molecule has 0 saturated heterocycles. The van der Waals surface area contributed by atoms with Crippen LogP contribution in [0, 0.1) is 5.92 Å². The second-order valence-electron chi connectivity index (χ2n) is 4.97. The van der Waals surface area contributed by atoms with Gasteiger partial charge in [0.15, 0.2) is 18.2 Å². The largest absolute Gasteiger partial charge is 0.481 e. The van der Waals surface area contributed by atoms with Gasteiger partial charge in [-0.3, -0.25) is 24.0 Å². The molecule has 2 unspecified atom stereocenters. The molecule has 0 fully saturated rings. The van der Waals surface area contributed by atoms with E-state index in [4.69, 9.17) is 5.11 Å². The fourth-order valence-corrected chi connectivity index (χ4v) is 2.50. The molecule has 2 N–H and O–H groups in total. The fourth-order valence-electron chi connectivity index (χ4n) is 1.74. The van der Waals surface area contributed by atoms with E-state index in [0.29, 0.717) is 4.88 Å². The van der Waals surface area contributed by atoms with Crippen LogP contribution in [0.4, 0.5) is 0 Å². The summed E-state index contributed by atoms with van der Waals surface area (Å²) in [5, 5.41) is 12.8. The second kappa shape index (κ2) is 8.92. The van der Waals surface area contributed by atoms with Crippen molar-refractivity contribution in [3.63, 3.8) is 0 Å². The number of esters is 1. The molecule has 0 radical (unpaired) electrons. The van der Waals surface area contributed by atoms with Gasteiger partial charge in [-0.15, -0.1) is 11.3 Å². The number of carboxylic acid groups (broad SMARTS) is 1. The van der Waals surface area contributed by atoms with Crippen molar-refractivity contribution in [3.8, 4) is 0 Å². The minimum Gasteiger partial charge on any atom is -0.481 e. The third-order valence-corrected chi connectivity index (χ3v) is 3.94. The summed E-state index contributed by atoms with van der Waals surface area (Å²) in [6, 6.07) is 1.85. The summed E-state index contributed by atoms with van der Waals surface area (Å²) in [6.45, 7) is 1.81. The summed E-state index contributed by atoms with van der Waals surface area (Å²) in [5.74, 6) is -5.06. The number of ether oxygens (including phenoxy) is 1. The highest BCUT2D eigenvalue weighted by atomic mass is 32.1. The molecule has 1 aromatic rings. The number of rotatable bonds is 9. The Bertz CT molecular complexity index is 638. The van der Waals surface area contributed by atoms with Crippen LogP contribution in [0.25, 0.3) is 0 Å². The molecule has 0 aliphatic carbocycles. The Hall–Kier alpha value is -2.55. The summed E-state index contributed by atoms with van der Waals surface area (Å²) in [5.41, 5.74) is 0. The van der Waals surface area contributed by atoms with Gasteiger partial charge in [0, 0.05) is 6.92 Å². The normalized spacial score (nSPS) is 12.8. The molecule has 1 amide bonds. The van der Waals surface area contributed by atoms with E-state index in [-0.39, 0.29) is 0 Å². The van der Waals surface area contributed by atoms with Crippen LogP contribution in [0.5, 0.6) is 0 Å². The first kappa shape index (κ1) is 19.5. The Morgan fingerprint density at radius 3 is 2.46 bits per heavy atom. The first-order valence-electron chi connectivity index (χ1n) is 6.98. The first-order valence-corrected chi connectivity index (χ1v) is 7.86. The summed E-state index contributed by atoms with van der Waals surface area (Å²) in [7, 11) is 0. The van der Waals surface area contributed by atoms with Gasteiger partial charge in [-0.05, 0) is 18.4 Å². The first-order chi connectivity index (χ1) is 11.2. The number of carboxylic acids is 1. The molecule has 130 valence electrons. The highest BCUT2D eigenvalue weighted by Gasteiger charge is 2.29. The van der Waals surface area contributed by atoms with Crippen molar-refractivity contribution >= 4 is 40.7 Å². The van der Waals surface area contributed by atoms with Crippen molar-refractivity contribution in [3.05, 3.63) is 22.4 Å². The zero-order chi connectivity index (χ0) is 18.3. The number of amides is 1. The fraction of sp³-hybridized carbons (Fsp3) is 0.400. The number of Topliss-reactive ketones (excluding diaryl/α,β-unsaturated/α-hetero) is 2. The molecule has 0 bridgehead atoms. The Kier molecular flexibility index (Phi) is 7.25. The van der Waals surface area contributed by atoms with E-state index in [1.54, 1.807) is 17.5 Å². The number of thiophene rings is 1. The molecule has 2 atom stereocenters. The standard InChI is InChI=1S/C15H17NO7S/c1-8(14(21)12-4-3-5-24-12)15(22)16-10(6-13(19)20)11(18)7-23-9(2)17/h3-5,8,10H,6-7H2,1-2H3,(H,16,22)(H,19,20). The van der Waals surface area contributed by atoms with Crippen LogP contribution in [-0.4, -0.2) is 47.2 Å². The van der Waals surface area contributed by atoms with Gasteiger partial charge in [-0.25, -0.2) is 0 Å². The zero-order valence-electron chi connectivity index (χ0n) is 13.1. The van der Waals surface area contributed by atoms with Crippen LogP contribution in [0.3, 0.4) is 0 Å². The average molecular weight is 355 g/mol. The quantitative estimate of drug-likeness (QED) is 0.378. The number of carbonyl (C=O) groups excluding carboxylic acids is 4. The van der Waals surface area contributed by atoms with Gasteiger partial charge in [-0.2, -0.15) is 0 Å². The molecule has 1 aromatic heterocycles. The Balaban J connectivity index is 2.75. The molecular weight excluding hydrogens is 338 g/mol. The lowest BCUT2D eigenvalue weighted by atomic mass is 10.0. The van der Waals surface area contributed by atoms with Crippen molar-refractivity contribution in [2.24, 2.45) is 5.92 Å². The number of hydrogen-bond donors (Lipinski definition) is 2. The zero-order valence-corrected chi connectivity index (χ0v) is 13.9. The van der Waals surface area contributed by atoms with E-state index in [0.717, 1.165) is 6.92 Å². The number of carbonyl (C=O) groups is 5. The third kappa shape index (κ3) is 5.92. The summed E-state index contributed by atoms with van der Waals surface area (Å²) in [4.78, 5) is 58.1. The van der Waals surface area contributed by atoms with Crippen molar-refractivity contribution in [1.82, 2.24) is 5.32 Å². The van der Waals surface area contributed by atoms with Crippen LogP contribution in [0.2, 0.25) is 0 Å². The number of aliphatic carboxylic acids is 1. The lowest BCUT2D eigenvalue weighted by Gasteiger charge is -2.18. The molecule has 0 aliphatic rings. The summed E-state index contributed by atoms with van der Waals surface area (Å²) >= 11 is 1.18. The van der Waals surface area contributed by atoms with Gasteiger partial charge in [0.2, 0.25) is 5.91 Å². The van der Waals surface area contributed by atoms with Gasteiger partial charge in [-0.1, -0.05) is 6.07 Å². The van der Waals surface area contributed by atoms with Crippen molar-refractivity contribution in [2.45, 2.75) is 26.3 Å². The molecule has 0 spiro atoms. The second-order valence-corrected chi connectivity index (χ2v) is 5.92. The van der Waals surface area contributed by atoms with Gasteiger partial charge in [0.1, 0.15) is 6.04 Å². The SMILES string of the molecule is CC(=O)OCC(=O)C(CC(=O)O)NC(=O)C(C)C(=O)c1cccs1. The van der Waals surface area contributed by atoms with Crippen LogP contribution >= 0.6 is 11.3 Å². The Morgan fingerprint density at radius 2 is 1.96 bits per heavy atom. The van der Waals surface area contributed by atoms with Crippen molar-refractivity contribution in [2.75, 3.05) is 6.61 Å². The minimum absolute atomic E-state index is 0.388. The molecule has 24 heavy (non-hydrogen) atoms. The van der Waals surface area contributed by atoms with E-state index in [1.165, 1.54) is 18.3 Å². The predicted molar refractivity (Wildman–Crippen MR) is 83.6 cm³/mol. The van der Waals surface area contributed by atoms with Crippen molar-refractivity contribution < 1.29 is 33.8 Å².